The number of hydrogen-bond donors (Lipinski definition) is 1. The Morgan fingerprint density at radius 3 is 2.53 bits per heavy atom. The second kappa shape index (κ2) is 6.38. The highest BCUT2D eigenvalue weighted by Gasteiger charge is 2.23. The van der Waals surface area contributed by atoms with Crippen LogP contribution >= 0.6 is 0 Å². The summed E-state index contributed by atoms with van der Waals surface area (Å²) in [6.07, 6.45) is 6.41. The van der Waals surface area contributed by atoms with Crippen molar-refractivity contribution in [2.45, 2.75) is 51.6 Å². The predicted molar refractivity (Wildman–Crippen MR) is 78.3 cm³/mol. The van der Waals surface area contributed by atoms with Crippen LogP contribution in [0.2, 0.25) is 0 Å². The number of nitrogens with two attached hydrogens (primary N) is 1. The van der Waals surface area contributed by atoms with Gasteiger partial charge in [0.15, 0.2) is 0 Å². The zero-order chi connectivity index (χ0) is 13.8. The van der Waals surface area contributed by atoms with Crippen LogP contribution in [0.5, 0.6) is 0 Å². The minimum atomic E-state index is -0.186. The molecular weight excluding hydrogens is 239 g/mol. The van der Waals surface area contributed by atoms with Crippen molar-refractivity contribution in [3.8, 4) is 0 Å². The lowest BCUT2D eigenvalue weighted by molar-refractivity contribution is 0.156. The lowest BCUT2D eigenvalue weighted by atomic mass is 9.84. The molecular formula is C16H25FN2. The van der Waals surface area contributed by atoms with E-state index < -0.39 is 0 Å². The van der Waals surface area contributed by atoms with Crippen molar-refractivity contribution < 1.29 is 4.39 Å². The highest BCUT2D eigenvalue weighted by Crippen LogP contribution is 2.29. The van der Waals surface area contributed by atoms with Crippen molar-refractivity contribution in [3.63, 3.8) is 0 Å². The average molecular weight is 264 g/mol. The number of benzene rings is 1. The van der Waals surface area contributed by atoms with Crippen molar-refractivity contribution in [3.05, 3.63) is 29.6 Å². The summed E-state index contributed by atoms with van der Waals surface area (Å²) in [5.74, 6) is 0.715. The first-order valence-corrected chi connectivity index (χ1v) is 7.34. The minimum absolute atomic E-state index is 0.186. The van der Waals surface area contributed by atoms with E-state index >= 15 is 0 Å². The van der Waals surface area contributed by atoms with Crippen LogP contribution in [0.4, 0.5) is 10.1 Å². The van der Waals surface area contributed by atoms with E-state index in [9.17, 15) is 4.39 Å². The van der Waals surface area contributed by atoms with Crippen LogP contribution in [-0.2, 0) is 6.54 Å². The monoisotopic (exact) mass is 264 g/mol. The summed E-state index contributed by atoms with van der Waals surface area (Å²) in [6.45, 7) is 2.95. The average Bonchev–Trinajstić information content (AvgIpc) is 2.42. The molecule has 2 N–H and O–H groups in total. The van der Waals surface area contributed by atoms with E-state index in [0.717, 1.165) is 11.5 Å². The number of nitrogens with zero attached hydrogens (tertiary/aromatic N) is 1. The van der Waals surface area contributed by atoms with E-state index in [1.54, 1.807) is 12.1 Å². The molecule has 0 atom stereocenters. The summed E-state index contributed by atoms with van der Waals surface area (Å²) >= 11 is 0. The number of rotatable bonds is 4. The van der Waals surface area contributed by atoms with Crippen LogP contribution in [-0.4, -0.2) is 18.0 Å². The first kappa shape index (κ1) is 14.3. The van der Waals surface area contributed by atoms with Crippen molar-refractivity contribution in [2.24, 2.45) is 5.92 Å². The zero-order valence-corrected chi connectivity index (χ0v) is 12.0. The van der Waals surface area contributed by atoms with Gasteiger partial charge in [-0.25, -0.2) is 4.39 Å². The SMILES string of the molecule is CCC1CCC(N(C)Cc2ccc(N)cc2F)CC1. The third-order valence-corrected chi connectivity index (χ3v) is 4.51. The smallest absolute Gasteiger partial charge is 0.129 e. The summed E-state index contributed by atoms with van der Waals surface area (Å²) in [6, 6.07) is 5.59. The molecule has 0 saturated heterocycles. The summed E-state index contributed by atoms with van der Waals surface area (Å²) in [7, 11) is 2.10. The predicted octanol–water partition coefficient (Wildman–Crippen LogP) is 3.81. The maximum Gasteiger partial charge on any atom is 0.129 e. The fourth-order valence-electron chi connectivity index (χ4n) is 3.08. The lowest BCUT2D eigenvalue weighted by Crippen LogP contribution is -2.34. The Bertz CT molecular complexity index is 411. The highest BCUT2D eigenvalue weighted by atomic mass is 19.1. The molecule has 1 fully saturated rings. The number of anilines is 1. The molecule has 19 heavy (non-hydrogen) atoms. The van der Waals surface area contributed by atoms with Gasteiger partial charge in [-0.15, -0.1) is 0 Å². The molecule has 1 saturated carbocycles. The number of nitrogen functional groups attached to an aromatic ring is 1. The van der Waals surface area contributed by atoms with Crippen LogP contribution in [0.15, 0.2) is 18.2 Å². The van der Waals surface area contributed by atoms with E-state index in [-0.39, 0.29) is 5.82 Å². The molecule has 0 aliphatic heterocycles. The Morgan fingerprint density at radius 1 is 1.26 bits per heavy atom. The van der Waals surface area contributed by atoms with Crippen LogP contribution < -0.4 is 5.73 Å². The van der Waals surface area contributed by atoms with Crippen molar-refractivity contribution in [1.29, 1.82) is 0 Å². The van der Waals surface area contributed by atoms with E-state index in [1.165, 1.54) is 38.2 Å². The normalized spacial score (nSPS) is 23.8. The van der Waals surface area contributed by atoms with Gasteiger partial charge < -0.3 is 5.73 Å². The Labute approximate surface area is 115 Å². The Kier molecular flexibility index (Phi) is 4.81. The van der Waals surface area contributed by atoms with Crippen molar-refractivity contribution in [1.82, 2.24) is 4.90 Å². The molecule has 3 heteroatoms. The molecule has 0 spiro atoms. The second-order valence-corrected chi connectivity index (χ2v) is 5.85. The Balaban J connectivity index is 1.92. The first-order valence-electron chi connectivity index (χ1n) is 7.34. The molecule has 2 rings (SSSR count). The van der Waals surface area contributed by atoms with E-state index in [0.29, 0.717) is 18.3 Å². The standard InChI is InChI=1S/C16H25FN2/c1-3-12-4-8-15(9-5-12)19(2)11-13-6-7-14(18)10-16(13)17/h6-7,10,12,15H,3-5,8-9,11,18H2,1-2H3. The van der Waals surface area contributed by atoms with Crippen molar-refractivity contribution >= 4 is 5.69 Å². The summed E-state index contributed by atoms with van der Waals surface area (Å²) < 4.78 is 13.8. The van der Waals surface area contributed by atoms with Gasteiger partial charge in [-0.3, -0.25) is 4.90 Å². The molecule has 1 aromatic rings. The highest BCUT2D eigenvalue weighted by molar-refractivity contribution is 5.40. The van der Waals surface area contributed by atoms with E-state index in [2.05, 4.69) is 18.9 Å². The molecule has 0 aromatic heterocycles. The van der Waals surface area contributed by atoms with Crippen LogP contribution in [0.25, 0.3) is 0 Å². The lowest BCUT2D eigenvalue weighted by Gasteiger charge is -2.34. The Hall–Kier alpha value is -1.09. The van der Waals surface area contributed by atoms with Gasteiger partial charge in [0.25, 0.3) is 0 Å². The zero-order valence-electron chi connectivity index (χ0n) is 12.0. The summed E-state index contributed by atoms with van der Waals surface area (Å²) in [4.78, 5) is 2.29. The van der Waals surface area contributed by atoms with Gasteiger partial charge in [0.2, 0.25) is 0 Å². The molecule has 106 valence electrons. The number of hydrogen-bond acceptors (Lipinski definition) is 2. The van der Waals surface area contributed by atoms with Gasteiger partial charge in [-0.05, 0) is 50.8 Å². The topological polar surface area (TPSA) is 29.3 Å². The Morgan fingerprint density at radius 2 is 1.95 bits per heavy atom. The van der Waals surface area contributed by atoms with E-state index in [4.69, 9.17) is 5.73 Å². The quantitative estimate of drug-likeness (QED) is 0.838. The molecule has 0 unspecified atom stereocenters. The number of halogens is 1. The molecule has 0 bridgehead atoms. The maximum absolute atomic E-state index is 13.8. The van der Waals surface area contributed by atoms with Gasteiger partial charge in [0.05, 0.1) is 0 Å². The van der Waals surface area contributed by atoms with Crippen LogP contribution in [0.1, 0.15) is 44.6 Å². The third kappa shape index (κ3) is 3.69. The molecule has 1 aromatic carbocycles. The molecule has 1 aliphatic rings. The molecule has 0 radical (unpaired) electrons. The minimum Gasteiger partial charge on any atom is -0.399 e. The molecule has 0 heterocycles. The van der Waals surface area contributed by atoms with E-state index in [1.807, 2.05) is 0 Å². The largest absolute Gasteiger partial charge is 0.399 e. The second-order valence-electron chi connectivity index (χ2n) is 5.85. The van der Waals surface area contributed by atoms with Crippen LogP contribution in [0, 0.1) is 11.7 Å². The van der Waals surface area contributed by atoms with Gasteiger partial charge in [-0.2, -0.15) is 0 Å². The summed E-state index contributed by atoms with van der Waals surface area (Å²) in [5, 5.41) is 0. The summed E-state index contributed by atoms with van der Waals surface area (Å²) in [5.41, 5.74) is 6.82. The van der Waals surface area contributed by atoms with Crippen molar-refractivity contribution in [2.75, 3.05) is 12.8 Å². The van der Waals surface area contributed by atoms with Gasteiger partial charge in [-0.1, -0.05) is 19.4 Å². The molecule has 2 nitrogen and oxygen atoms in total. The molecule has 0 amide bonds. The fourth-order valence-corrected chi connectivity index (χ4v) is 3.08. The van der Waals surface area contributed by atoms with Gasteiger partial charge in [0.1, 0.15) is 5.82 Å². The first-order chi connectivity index (χ1) is 9.10. The third-order valence-electron chi connectivity index (χ3n) is 4.51. The fraction of sp³-hybridized carbons (Fsp3) is 0.625. The maximum atomic E-state index is 13.8. The molecule has 1 aliphatic carbocycles. The van der Waals surface area contributed by atoms with Crippen LogP contribution in [0.3, 0.4) is 0 Å². The van der Waals surface area contributed by atoms with Gasteiger partial charge >= 0.3 is 0 Å². The van der Waals surface area contributed by atoms with Gasteiger partial charge in [0, 0.05) is 23.8 Å².